The first-order chi connectivity index (χ1) is 14.0. The van der Waals surface area contributed by atoms with Gasteiger partial charge in [-0.25, -0.2) is 0 Å². The van der Waals surface area contributed by atoms with Gasteiger partial charge in [0.2, 0.25) is 0 Å². The van der Waals surface area contributed by atoms with Crippen molar-refractivity contribution in [3.05, 3.63) is 35.1 Å². The quantitative estimate of drug-likeness (QED) is 0.234. The fourth-order valence-corrected chi connectivity index (χ4v) is 4.67. The van der Waals surface area contributed by atoms with Crippen molar-refractivity contribution in [1.29, 1.82) is 0 Å². The monoisotopic (exact) mass is 417 g/mol. The number of carbonyl (C=O) groups is 3. The van der Waals surface area contributed by atoms with Crippen molar-refractivity contribution in [3.8, 4) is 0 Å². The first-order valence-electron chi connectivity index (χ1n) is 10.2. The van der Waals surface area contributed by atoms with Crippen molar-refractivity contribution in [1.82, 2.24) is 5.32 Å². The van der Waals surface area contributed by atoms with E-state index in [1.165, 1.54) is 6.08 Å². The summed E-state index contributed by atoms with van der Waals surface area (Å²) in [7, 11) is 0. The summed E-state index contributed by atoms with van der Waals surface area (Å²) in [4.78, 5) is 36.0. The Kier molecular flexibility index (Phi) is 4.80. The standard InChI is InChI=1S/C22H27NO7/c1-10(6-7-13(24)15-14(25)9-23-20(15)27)8-11(2)17-12(3)18-16(26)19-21(4,30-19)22(5,28-17)29-18/h6-8,11-12,17-19,24H,9H2,1-5H3,(H,23,27)/b7-6+,10-8+,15-13-/t11-,12-,17-,18-,19+,21+,22-/m1/s1. The number of ketones is 2. The summed E-state index contributed by atoms with van der Waals surface area (Å²) in [6.45, 7) is 9.34. The third-order valence-electron chi connectivity index (χ3n) is 6.67. The molecule has 4 heterocycles. The van der Waals surface area contributed by atoms with Crippen LogP contribution in [0.5, 0.6) is 0 Å². The van der Waals surface area contributed by atoms with E-state index in [2.05, 4.69) is 5.32 Å². The molecular weight excluding hydrogens is 390 g/mol. The molecule has 8 nitrogen and oxygen atoms in total. The first kappa shape index (κ1) is 21.0. The van der Waals surface area contributed by atoms with E-state index in [9.17, 15) is 19.5 Å². The van der Waals surface area contributed by atoms with Gasteiger partial charge in [0.15, 0.2) is 29.1 Å². The van der Waals surface area contributed by atoms with Gasteiger partial charge < -0.3 is 24.6 Å². The zero-order chi connectivity index (χ0) is 22.0. The highest BCUT2D eigenvalue weighted by Gasteiger charge is 2.76. The number of amides is 1. The molecule has 0 aromatic heterocycles. The first-order valence-corrected chi connectivity index (χ1v) is 10.2. The van der Waals surface area contributed by atoms with Crippen molar-refractivity contribution in [2.24, 2.45) is 11.8 Å². The van der Waals surface area contributed by atoms with E-state index in [-0.39, 0.29) is 41.6 Å². The summed E-state index contributed by atoms with van der Waals surface area (Å²) >= 11 is 0. The minimum absolute atomic E-state index is 0.0281. The van der Waals surface area contributed by atoms with Crippen molar-refractivity contribution < 1.29 is 33.7 Å². The second kappa shape index (κ2) is 6.87. The number of Topliss-reactive ketones (excluding diaryl/α,β-unsaturated/α-hetero) is 2. The van der Waals surface area contributed by atoms with Gasteiger partial charge in [-0.15, -0.1) is 0 Å². The van der Waals surface area contributed by atoms with Gasteiger partial charge in [0.05, 0.1) is 12.6 Å². The second-order valence-electron chi connectivity index (χ2n) is 8.90. The fraction of sp³-hybridized carbons (Fsp3) is 0.591. The molecule has 2 N–H and O–H groups in total. The van der Waals surface area contributed by atoms with Crippen LogP contribution in [0.1, 0.15) is 34.6 Å². The number of hydrogen-bond acceptors (Lipinski definition) is 7. The largest absolute Gasteiger partial charge is 0.507 e. The number of rotatable bonds is 4. The number of aliphatic hydroxyl groups excluding tert-OH is 1. The Morgan fingerprint density at radius 3 is 2.53 bits per heavy atom. The molecule has 0 spiro atoms. The average Bonchev–Trinajstić information content (AvgIpc) is 3.29. The predicted molar refractivity (Wildman–Crippen MR) is 105 cm³/mol. The fourth-order valence-electron chi connectivity index (χ4n) is 4.67. The Hall–Kier alpha value is -2.29. The maximum Gasteiger partial charge on any atom is 0.259 e. The molecule has 4 rings (SSSR count). The van der Waals surface area contributed by atoms with Gasteiger partial charge in [-0.3, -0.25) is 14.4 Å². The smallest absolute Gasteiger partial charge is 0.259 e. The molecule has 7 atom stereocenters. The van der Waals surface area contributed by atoms with Crippen LogP contribution in [-0.4, -0.2) is 58.8 Å². The molecule has 0 unspecified atom stereocenters. The van der Waals surface area contributed by atoms with E-state index in [0.717, 1.165) is 5.57 Å². The number of carbonyl (C=O) groups excluding carboxylic acids is 3. The summed E-state index contributed by atoms with van der Waals surface area (Å²) in [6.07, 6.45) is 3.64. The molecule has 8 heteroatoms. The van der Waals surface area contributed by atoms with E-state index in [0.29, 0.717) is 0 Å². The van der Waals surface area contributed by atoms with Crippen molar-refractivity contribution in [2.75, 3.05) is 6.54 Å². The van der Waals surface area contributed by atoms with E-state index in [4.69, 9.17) is 14.2 Å². The summed E-state index contributed by atoms with van der Waals surface area (Å²) in [5.74, 6) is -2.59. The van der Waals surface area contributed by atoms with Gasteiger partial charge in [-0.2, -0.15) is 0 Å². The molecule has 162 valence electrons. The van der Waals surface area contributed by atoms with Gasteiger partial charge in [0, 0.05) is 11.8 Å². The highest BCUT2D eigenvalue weighted by Crippen LogP contribution is 2.57. The van der Waals surface area contributed by atoms with Crippen LogP contribution < -0.4 is 5.32 Å². The van der Waals surface area contributed by atoms with Gasteiger partial charge in [-0.1, -0.05) is 31.6 Å². The third kappa shape index (κ3) is 3.05. The zero-order valence-electron chi connectivity index (χ0n) is 17.7. The summed E-state index contributed by atoms with van der Waals surface area (Å²) in [5.41, 5.74) is -0.167. The Bertz CT molecular complexity index is 900. The van der Waals surface area contributed by atoms with Crippen LogP contribution in [0.3, 0.4) is 0 Å². The van der Waals surface area contributed by atoms with Crippen molar-refractivity contribution in [3.63, 3.8) is 0 Å². The lowest BCUT2D eigenvalue weighted by Crippen LogP contribution is -2.66. The summed E-state index contributed by atoms with van der Waals surface area (Å²) < 4.78 is 18.0. The lowest BCUT2D eigenvalue weighted by molar-refractivity contribution is -0.350. The lowest BCUT2D eigenvalue weighted by atomic mass is 9.78. The normalized spacial score (nSPS) is 43.5. The lowest BCUT2D eigenvalue weighted by Gasteiger charge is -2.51. The molecule has 0 saturated carbocycles. The molecule has 4 aliphatic heterocycles. The molecule has 0 aromatic carbocycles. The van der Waals surface area contributed by atoms with E-state index >= 15 is 0 Å². The van der Waals surface area contributed by atoms with Crippen molar-refractivity contribution >= 4 is 17.5 Å². The Morgan fingerprint density at radius 1 is 1.20 bits per heavy atom. The van der Waals surface area contributed by atoms with E-state index in [1.807, 2.05) is 40.7 Å². The third-order valence-corrected chi connectivity index (χ3v) is 6.67. The maximum atomic E-state index is 12.7. The van der Waals surface area contributed by atoms with Crippen LogP contribution in [0.4, 0.5) is 0 Å². The minimum Gasteiger partial charge on any atom is -0.507 e. The average molecular weight is 417 g/mol. The molecule has 4 fully saturated rings. The molecule has 0 aromatic rings. The predicted octanol–water partition coefficient (Wildman–Crippen LogP) is 1.51. The molecule has 2 bridgehead atoms. The topological polar surface area (TPSA) is 114 Å². The number of ether oxygens (including phenoxy) is 3. The van der Waals surface area contributed by atoms with Gasteiger partial charge in [-0.05, 0) is 26.8 Å². The number of hydrogen-bond donors (Lipinski definition) is 2. The molecule has 4 saturated heterocycles. The zero-order valence-corrected chi connectivity index (χ0v) is 17.7. The number of aliphatic hydroxyl groups is 1. The van der Waals surface area contributed by atoms with Gasteiger partial charge >= 0.3 is 0 Å². The summed E-state index contributed by atoms with van der Waals surface area (Å²) in [6, 6.07) is 0. The van der Waals surface area contributed by atoms with Gasteiger partial charge in [0.1, 0.15) is 17.4 Å². The molecule has 0 aliphatic carbocycles. The Balaban J connectivity index is 1.51. The summed E-state index contributed by atoms with van der Waals surface area (Å²) in [5, 5.41) is 12.5. The molecule has 30 heavy (non-hydrogen) atoms. The second-order valence-corrected chi connectivity index (χ2v) is 8.90. The number of allylic oxidation sites excluding steroid dienone is 3. The molecule has 4 aliphatic rings. The highest BCUT2D eigenvalue weighted by molar-refractivity contribution is 6.25. The van der Waals surface area contributed by atoms with Crippen LogP contribution in [0.25, 0.3) is 0 Å². The number of fused-ring (bicyclic) bond motifs is 4. The van der Waals surface area contributed by atoms with Crippen molar-refractivity contribution in [2.45, 2.75) is 64.3 Å². The SMILES string of the molecule is CC(/C=C/C(O)=C1\C(=O)CNC1=O)=C\[C@@H](C)[C@H]1O[C@]2(C)O[C@@H](C(=O)[C@@H]3O[C@@]32C)[C@@H]1C. The number of epoxide rings is 1. The van der Waals surface area contributed by atoms with Crippen LogP contribution in [0.15, 0.2) is 35.1 Å². The van der Waals surface area contributed by atoms with E-state index < -0.39 is 35.3 Å². The minimum atomic E-state index is -0.988. The molecular formula is C22H27NO7. The Labute approximate surface area is 174 Å². The van der Waals surface area contributed by atoms with E-state index in [1.54, 1.807) is 6.08 Å². The highest BCUT2D eigenvalue weighted by atomic mass is 16.8. The van der Waals surface area contributed by atoms with Crippen LogP contribution in [-0.2, 0) is 28.6 Å². The Morgan fingerprint density at radius 2 is 1.90 bits per heavy atom. The number of nitrogens with one attached hydrogen (secondary N) is 1. The maximum absolute atomic E-state index is 12.7. The molecule has 1 amide bonds. The van der Waals surface area contributed by atoms with Gasteiger partial charge in [0.25, 0.3) is 5.91 Å². The van der Waals surface area contributed by atoms with Crippen LogP contribution >= 0.6 is 0 Å². The van der Waals surface area contributed by atoms with Crippen LogP contribution in [0.2, 0.25) is 0 Å². The van der Waals surface area contributed by atoms with Crippen LogP contribution in [0, 0.1) is 11.8 Å². The molecule has 0 radical (unpaired) electrons.